The van der Waals surface area contributed by atoms with Crippen LogP contribution in [0.15, 0.2) is 73.1 Å². The van der Waals surface area contributed by atoms with Crippen LogP contribution < -0.4 is 10.5 Å². The number of carbonyl (C=O) groups excluding carboxylic acids is 1. The number of nitrogens with zero attached hydrogens (tertiary/aromatic N) is 3. The van der Waals surface area contributed by atoms with E-state index in [0.717, 1.165) is 22.4 Å². The van der Waals surface area contributed by atoms with Gasteiger partial charge in [0.1, 0.15) is 23.7 Å². The summed E-state index contributed by atoms with van der Waals surface area (Å²) in [7, 11) is 1.72. The average Bonchev–Trinajstić information content (AvgIpc) is 3.16. The quantitative estimate of drug-likeness (QED) is 0.453. The Balaban J connectivity index is 1.59. The van der Waals surface area contributed by atoms with E-state index in [2.05, 4.69) is 48.2 Å². The summed E-state index contributed by atoms with van der Waals surface area (Å²) >= 11 is 0. The van der Waals surface area contributed by atoms with E-state index in [0.29, 0.717) is 29.5 Å². The van der Waals surface area contributed by atoms with Gasteiger partial charge in [-0.05, 0) is 46.9 Å². The molecule has 2 aromatic carbocycles. The number of aryl methyl sites for hydroxylation is 1. The van der Waals surface area contributed by atoms with Crippen molar-refractivity contribution in [2.45, 2.75) is 26.4 Å². The minimum absolute atomic E-state index is 0.357. The van der Waals surface area contributed by atoms with Crippen molar-refractivity contribution in [2.75, 3.05) is 0 Å². The van der Waals surface area contributed by atoms with Crippen molar-refractivity contribution in [1.29, 1.82) is 0 Å². The molecule has 4 aromatic rings. The van der Waals surface area contributed by atoms with Gasteiger partial charge in [0.05, 0.1) is 0 Å². The molecular formula is C26H26N4O2. The fourth-order valence-electron chi connectivity index (χ4n) is 3.68. The van der Waals surface area contributed by atoms with Gasteiger partial charge in [-0.15, -0.1) is 0 Å². The van der Waals surface area contributed by atoms with Gasteiger partial charge in [0, 0.05) is 30.6 Å². The molecule has 0 atom stereocenters. The van der Waals surface area contributed by atoms with Crippen LogP contribution in [0.1, 0.15) is 41.4 Å². The number of ether oxygens (including phenoxy) is 1. The van der Waals surface area contributed by atoms with Gasteiger partial charge in [-0.1, -0.05) is 50.2 Å². The zero-order chi connectivity index (χ0) is 22.7. The van der Waals surface area contributed by atoms with Crippen molar-refractivity contribution in [2.24, 2.45) is 12.8 Å². The molecule has 0 aliphatic carbocycles. The number of pyridine rings is 1. The summed E-state index contributed by atoms with van der Waals surface area (Å²) in [5.41, 5.74) is 11.5. The third-order valence-electron chi connectivity index (χ3n) is 5.43. The lowest BCUT2D eigenvalue weighted by molar-refractivity contribution is 0.0992. The van der Waals surface area contributed by atoms with Crippen LogP contribution in [-0.2, 0) is 13.7 Å². The van der Waals surface area contributed by atoms with Crippen molar-refractivity contribution >= 4 is 5.91 Å². The molecule has 0 saturated carbocycles. The van der Waals surface area contributed by atoms with E-state index >= 15 is 0 Å². The first-order chi connectivity index (χ1) is 15.4. The van der Waals surface area contributed by atoms with Crippen LogP contribution >= 0.6 is 0 Å². The van der Waals surface area contributed by atoms with Crippen molar-refractivity contribution in [3.05, 3.63) is 89.9 Å². The Morgan fingerprint density at radius 3 is 2.22 bits per heavy atom. The Labute approximate surface area is 187 Å². The molecule has 32 heavy (non-hydrogen) atoms. The second kappa shape index (κ2) is 9.06. The number of primary amides is 1. The average molecular weight is 427 g/mol. The van der Waals surface area contributed by atoms with Crippen LogP contribution in [0.25, 0.3) is 22.4 Å². The zero-order valence-electron chi connectivity index (χ0n) is 18.4. The fourth-order valence-corrected chi connectivity index (χ4v) is 3.68. The first kappa shape index (κ1) is 21.3. The third-order valence-corrected chi connectivity index (χ3v) is 5.43. The molecule has 0 saturated heterocycles. The van der Waals surface area contributed by atoms with E-state index in [4.69, 9.17) is 10.5 Å². The second-order valence-corrected chi connectivity index (χ2v) is 8.01. The molecule has 0 fully saturated rings. The lowest BCUT2D eigenvalue weighted by Gasteiger charge is -2.10. The van der Waals surface area contributed by atoms with Crippen LogP contribution in [0.3, 0.4) is 0 Å². The number of carbonyl (C=O) groups is 1. The molecule has 0 unspecified atom stereocenters. The second-order valence-electron chi connectivity index (χ2n) is 8.01. The predicted molar refractivity (Wildman–Crippen MR) is 125 cm³/mol. The maximum absolute atomic E-state index is 12.2. The number of rotatable bonds is 7. The van der Waals surface area contributed by atoms with Gasteiger partial charge in [-0.2, -0.15) is 5.10 Å². The summed E-state index contributed by atoms with van der Waals surface area (Å²) in [6, 6.07) is 19.8. The van der Waals surface area contributed by atoms with Gasteiger partial charge in [0.15, 0.2) is 0 Å². The smallest absolute Gasteiger partial charge is 0.267 e. The van der Waals surface area contributed by atoms with E-state index < -0.39 is 5.91 Å². The number of hydrogen-bond donors (Lipinski definition) is 1. The van der Waals surface area contributed by atoms with Crippen molar-refractivity contribution in [3.8, 4) is 28.1 Å². The Morgan fingerprint density at radius 2 is 1.62 bits per heavy atom. The number of hydrogen-bond acceptors (Lipinski definition) is 4. The van der Waals surface area contributed by atoms with Crippen molar-refractivity contribution < 1.29 is 9.53 Å². The molecule has 2 aromatic heterocycles. The number of benzene rings is 2. The van der Waals surface area contributed by atoms with E-state index in [1.807, 2.05) is 36.4 Å². The van der Waals surface area contributed by atoms with E-state index in [9.17, 15) is 4.79 Å². The normalized spacial score (nSPS) is 11.0. The highest BCUT2D eigenvalue weighted by Crippen LogP contribution is 2.35. The van der Waals surface area contributed by atoms with Crippen LogP contribution in [0, 0.1) is 0 Å². The largest absolute Gasteiger partial charge is 0.489 e. The van der Waals surface area contributed by atoms with Gasteiger partial charge in [0.2, 0.25) is 0 Å². The highest BCUT2D eigenvalue weighted by Gasteiger charge is 2.22. The Hall–Kier alpha value is -3.93. The summed E-state index contributed by atoms with van der Waals surface area (Å²) < 4.78 is 7.49. The van der Waals surface area contributed by atoms with Crippen LogP contribution in [-0.4, -0.2) is 20.7 Å². The molecule has 6 heteroatoms. The van der Waals surface area contributed by atoms with Crippen molar-refractivity contribution in [3.63, 3.8) is 0 Å². The van der Waals surface area contributed by atoms with Gasteiger partial charge in [-0.25, -0.2) is 0 Å². The maximum atomic E-state index is 12.2. The summed E-state index contributed by atoms with van der Waals surface area (Å²) in [5.74, 6) is 0.726. The minimum atomic E-state index is -0.527. The molecule has 162 valence electrons. The Kier molecular flexibility index (Phi) is 6.03. The SMILES string of the molecule is CC(C)c1ccc(COc2ccc(-c3c(-c4ccncc4)nn(C)c3C(N)=O)cc2)cc1. The van der Waals surface area contributed by atoms with Gasteiger partial charge in [-0.3, -0.25) is 14.5 Å². The number of nitrogens with two attached hydrogens (primary N) is 1. The standard InChI is InChI=1S/C26H26N4O2/c1-17(2)19-6-4-18(5-7-19)16-32-22-10-8-20(9-11-22)23-24(21-12-14-28-15-13-21)29-30(3)25(23)26(27)31/h4-15,17H,16H2,1-3H3,(H2,27,31). The highest BCUT2D eigenvalue weighted by atomic mass is 16.5. The Bertz CT molecular complexity index is 1210. The molecule has 0 bridgehead atoms. The lowest BCUT2D eigenvalue weighted by Crippen LogP contribution is -2.16. The monoisotopic (exact) mass is 426 g/mol. The molecule has 1 amide bonds. The lowest BCUT2D eigenvalue weighted by atomic mass is 9.99. The Morgan fingerprint density at radius 1 is 0.969 bits per heavy atom. The molecular weight excluding hydrogens is 400 g/mol. The van der Waals surface area contributed by atoms with Crippen LogP contribution in [0.5, 0.6) is 5.75 Å². The number of amides is 1. The minimum Gasteiger partial charge on any atom is -0.489 e. The van der Waals surface area contributed by atoms with E-state index in [1.54, 1.807) is 19.4 Å². The highest BCUT2D eigenvalue weighted by molar-refractivity contribution is 6.02. The molecule has 0 aliphatic heterocycles. The molecule has 2 N–H and O–H groups in total. The molecule has 0 radical (unpaired) electrons. The summed E-state index contributed by atoms with van der Waals surface area (Å²) in [6.07, 6.45) is 3.39. The van der Waals surface area contributed by atoms with Gasteiger partial charge in [0.25, 0.3) is 5.91 Å². The van der Waals surface area contributed by atoms with E-state index in [1.165, 1.54) is 10.2 Å². The molecule has 6 nitrogen and oxygen atoms in total. The predicted octanol–water partition coefficient (Wildman–Crippen LogP) is 4.95. The van der Waals surface area contributed by atoms with Crippen LogP contribution in [0.4, 0.5) is 0 Å². The van der Waals surface area contributed by atoms with Gasteiger partial charge >= 0.3 is 0 Å². The fraction of sp³-hybridized carbons (Fsp3) is 0.192. The van der Waals surface area contributed by atoms with Crippen molar-refractivity contribution in [1.82, 2.24) is 14.8 Å². The molecule has 4 rings (SSSR count). The first-order valence-electron chi connectivity index (χ1n) is 10.5. The molecule has 2 heterocycles. The number of aromatic nitrogens is 3. The summed E-state index contributed by atoms with van der Waals surface area (Å²) in [4.78, 5) is 16.2. The summed E-state index contributed by atoms with van der Waals surface area (Å²) in [5, 5.41) is 4.55. The molecule has 0 spiro atoms. The zero-order valence-corrected chi connectivity index (χ0v) is 18.4. The van der Waals surface area contributed by atoms with Gasteiger partial charge < -0.3 is 10.5 Å². The first-order valence-corrected chi connectivity index (χ1v) is 10.5. The van der Waals surface area contributed by atoms with Crippen LogP contribution in [0.2, 0.25) is 0 Å². The third kappa shape index (κ3) is 4.39. The van der Waals surface area contributed by atoms with E-state index in [-0.39, 0.29) is 0 Å². The molecule has 0 aliphatic rings. The summed E-state index contributed by atoms with van der Waals surface area (Å²) in [6.45, 7) is 4.84. The maximum Gasteiger partial charge on any atom is 0.267 e. The topological polar surface area (TPSA) is 83.0 Å².